The fourth-order valence-electron chi connectivity index (χ4n) is 1.48. The van der Waals surface area contributed by atoms with Gasteiger partial charge in [0.1, 0.15) is 5.82 Å². The van der Waals surface area contributed by atoms with Crippen LogP contribution in [0.4, 0.5) is 11.5 Å². The van der Waals surface area contributed by atoms with Gasteiger partial charge in [0, 0.05) is 12.4 Å². The predicted molar refractivity (Wildman–Crippen MR) is 66.7 cm³/mol. The topological polar surface area (TPSA) is 92.5 Å². The molecule has 90 valence electrons. The molecule has 0 amide bonds. The fraction of sp³-hybridized carbons (Fsp3) is 0.300. The van der Waals surface area contributed by atoms with Gasteiger partial charge in [-0.3, -0.25) is 0 Å². The predicted octanol–water partition coefficient (Wildman–Crippen LogP) is 2.00. The van der Waals surface area contributed by atoms with E-state index in [9.17, 15) is 0 Å². The van der Waals surface area contributed by atoms with Crippen molar-refractivity contribution in [1.29, 1.82) is 0 Å². The molecule has 4 N–H and O–H groups in total. The van der Waals surface area contributed by atoms with Crippen LogP contribution in [0.5, 0.6) is 0 Å². The smallest absolute Gasteiger partial charge is 0.224 e. The van der Waals surface area contributed by atoms with E-state index in [0.717, 1.165) is 12.2 Å². The second-order valence-electron chi connectivity index (χ2n) is 3.52. The van der Waals surface area contributed by atoms with Gasteiger partial charge < -0.3 is 16.0 Å². The first-order chi connectivity index (χ1) is 8.20. The molecule has 0 radical (unpaired) electrons. The number of anilines is 2. The molecule has 7 heteroatoms. The van der Waals surface area contributed by atoms with Crippen LogP contribution in [0.15, 0.2) is 18.6 Å². The number of nitrogens with one attached hydrogen (secondary N) is 2. The summed E-state index contributed by atoms with van der Waals surface area (Å²) in [5.74, 6) is 1.36. The Bertz CT molecular complexity index is 484. The highest BCUT2D eigenvalue weighted by Gasteiger charge is 2.14. The molecule has 2 aromatic heterocycles. The molecule has 2 rings (SSSR count). The lowest BCUT2D eigenvalue weighted by Gasteiger charge is -2.16. The number of hydrogen-bond donors (Lipinski definition) is 3. The maximum absolute atomic E-state index is 5.77. The van der Waals surface area contributed by atoms with Crippen molar-refractivity contribution in [3.8, 4) is 0 Å². The molecule has 0 aliphatic heterocycles. The van der Waals surface area contributed by atoms with Crippen molar-refractivity contribution in [3.63, 3.8) is 0 Å². The fourth-order valence-corrected chi connectivity index (χ4v) is 1.62. The maximum Gasteiger partial charge on any atom is 0.224 e. The molecule has 0 spiro atoms. The first kappa shape index (κ1) is 11.7. The van der Waals surface area contributed by atoms with Crippen LogP contribution in [0.2, 0.25) is 5.28 Å². The molecule has 0 aliphatic carbocycles. The van der Waals surface area contributed by atoms with Crippen LogP contribution in [0.3, 0.4) is 0 Å². The van der Waals surface area contributed by atoms with E-state index in [0.29, 0.717) is 11.5 Å². The highest BCUT2D eigenvalue weighted by atomic mass is 35.5. The molecule has 1 unspecified atom stereocenters. The number of H-pyrrole nitrogens is 1. The van der Waals surface area contributed by atoms with Crippen molar-refractivity contribution in [3.05, 3.63) is 29.7 Å². The van der Waals surface area contributed by atoms with Gasteiger partial charge in [0.25, 0.3) is 0 Å². The number of halogens is 1. The third-order valence-electron chi connectivity index (χ3n) is 2.36. The summed E-state index contributed by atoms with van der Waals surface area (Å²) in [6.07, 6.45) is 5.80. The highest BCUT2D eigenvalue weighted by molar-refractivity contribution is 6.28. The van der Waals surface area contributed by atoms with Gasteiger partial charge in [-0.2, -0.15) is 4.98 Å². The monoisotopic (exact) mass is 252 g/mol. The third kappa shape index (κ3) is 2.65. The Morgan fingerprint density at radius 1 is 1.53 bits per heavy atom. The maximum atomic E-state index is 5.77. The van der Waals surface area contributed by atoms with E-state index >= 15 is 0 Å². The Labute approximate surface area is 104 Å². The van der Waals surface area contributed by atoms with Gasteiger partial charge in [-0.05, 0) is 18.0 Å². The molecule has 0 aliphatic rings. The van der Waals surface area contributed by atoms with E-state index < -0.39 is 0 Å². The van der Waals surface area contributed by atoms with Gasteiger partial charge >= 0.3 is 0 Å². The Hall–Kier alpha value is -1.82. The Morgan fingerprint density at radius 3 is 3.00 bits per heavy atom. The SMILES string of the molecule is CCC(Nc1nc(Cl)ncc1N)c1ncc[nH]1. The second kappa shape index (κ2) is 5.01. The number of imidazole rings is 1. The van der Waals surface area contributed by atoms with Crippen molar-refractivity contribution < 1.29 is 0 Å². The summed E-state index contributed by atoms with van der Waals surface area (Å²) in [6.45, 7) is 2.04. The Kier molecular flexibility index (Phi) is 3.43. The molecule has 6 nitrogen and oxygen atoms in total. The van der Waals surface area contributed by atoms with E-state index in [4.69, 9.17) is 17.3 Å². The van der Waals surface area contributed by atoms with Crippen LogP contribution in [0, 0.1) is 0 Å². The van der Waals surface area contributed by atoms with Crippen LogP contribution < -0.4 is 11.1 Å². The summed E-state index contributed by atoms with van der Waals surface area (Å²) in [7, 11) is 0. The average Bonchev–Trinajstić information content (AvgIpc) is 2.84. The standard InChI is InChI=1S/C10H13ClN6/c1-2-7(9-13-3-4-14-9)16-8-6(12)5-15-10(11)17-8/h3-5,7H,2,12H2,1H3,(H,13,14)(H,15,16,17). The van der Waals surface area contributed by atoms with Crippen molar-refractivity contribution >= 4 is 23.1 Å². The molecule has 2 heterocycles. The number of nitrogens with zero attached hydrogens (tertiary/aromatic N) is 3. The average molecular weight is 253 g/mol. The molecule has 17 heavy (non-hydrogen) atoms. The summed E-state index contributed by atoms with van der Waals surface area (Å²) < 4.78 is 0. The van der Waals surface area contributed by atoms with Gasteiger partial charge in [-0.25, -0.2) is 9.97 Å². The number of aromatic amines is 1. The molecule has 0 bridgehead atoms. The molecule has 0 saturated heterocycles. The van der Waals surface area contributed by atoms with E-state index in [1.807, 2.05) is 6.92 Å². The second-order valence-corrected chi connectivity index (χ2v) is 3.86. The minimum atomic E-state index is 0.0123. The lowest BCUT2D eigenvalue weighted by molar-refractivity contribution is 0.700. The largest absolute Gasteiger partial charge is 0.394 e. The lowest BCUT2D eigenvalue weighted by Crippen LogP contribution is -2.14. The van der Waals surface area contributed by atoms with Crippen LogP contribution in [0.1, 0.15) is 25.2 Å². The van der Waals surface area contributed by atoms with E-state index in [2.05, 4.69) is 25.3 Å². The number of nitrogen functional groups attached to an aromatic ring is 1. The minimum Gasteiger partial charge on any atom is -0.394 e. The third-order valence-corrected chi connectivity index (χ3v) is 2.54. The molecule has 0 fully saturated rings. The zero-order valence-corrected chi connectivity index (χ0v) is 10.1. The minimum absolute atomic E-state index is 0.0123. The van der Waals surface area contributed by atoms with E-state index in [-0.39, 0.29) is 11.3 Å². The molecule has 1 atom stereocenters. The molecule has 2 aromatic rings. The number of rotatable bonds is 4. The van der Waals surface area contributed by atoms with E-state index in [1.54, 1.807) is 12.4 Å². The summed E-state index contributed by atoms with van der Waals surface area (Å²) in [4.78, 5) is 15.1. The Balaban J connectivity index is 2.21. The van der Waals surface area contributed by atoms with Crippen molar-refractivity contribution in [1.82, 2.24) is 19.9 Å². The van der Waals surface area contributed by atoms with E-state index in [1.165, 1.54) is 6.20 Å². The number of aromatic nitrogens is 4. The van der Waals surface area contributed by atoms with Gasteiger partial charge in [-0.1, -0.05) is 6.92 Å². The van der Waals surface area contributed by atoms with Crippen molar-refractivity contribution in [2.24, 2.45) is 0 Å². The Morgan fingerprint density at radius 2 is 2.35 bits per heavy atom. The molecular formula is C10H13ClN6. The van der Waals surface area contributed by atoms with Crippen LogP contribution in [-0.2, 0) is 0 Å². The first-order valence-corrected chi connectivity index (χ1v) is 5.62. The molecule has 0 saturated carbocycles. The highest BCUT2D eigenvalue weighted by Crippen LogP contribution is 2.23. The summed E-state index contributed by atoms with van der Waals surface area (Å²) in [6, 6.07) is 0.0123. The van der Waals surface area contributed by atoms with Gasteiger partial charge in [0.05, 0.1) is 17.9 Å². The number of hydrogen-bond acceptors (Lipinski definition) is 5. The van der Waals surface area contributed by atoms with Crippen molar-refractivity contribution in [2.45, 2.75) is 19.4 Å². The zero-order valence-electron chi connectivity index (χ0n) is 9.31. The van der Waals surface area contributed by atoms with Gasteiger partial charge in [0.15, 0.2) is 5.82 Å². The van der Waals surface area contributed by atoms with Gasteiger partial charge in [-0.15, -0.1) is 0 Å². The van der Waals surface area contributed by atoms with Gasteiger partial charge in [0.2, 0.25) is 5.28 Å². The summed E-state index contributed by atoms with van der Waals surface area (Å²) in [5, 5.41) is 3.35. The van der Waals surface area contributed by atoms with Crippen molar-refractivity contribution in [2.75, 3.05) is 11.1 Å². The molecule has 0 aromatic carbocycles. The summed E-state index contributed by atoms with van der Waals surface area (Å²) in [5.41, 5.74) is 6.23. The van der Waals surface area contributed by atoms with Crippen LogP contribution in [-0.4, -0.2) is 19.9 Å². The van der Waals surface area contributed by atoms with Crippen LogP contribution in [0.25, 0.3) is 0 Å². The number of nitrogens with two attached hydrogens (primary N) is 1. The zero-order chi connectivity index (χ0) is 12.3. The lowest BCUT2D eigenvalue weighted by atomic mass is 10.2. The summed E-state index contributed by atoms with van der Waals surface area (Å²) >= 11 is 5.73. The normalized spacial score (nSPS) is 12.4. The first-order valence-electron chi connectivity index (χ1n) is 5.24. The van der Waals surface area contributed by atoms with Crippen LogP contribution >= 0.6 is 11.6 Å². The molecular weight excluding hydrogens is 240 g/mol. The quantitative estimate of drug-likeness (QED) is 0.724.